The van der Waals surface area contributed by atoms with Gasteiger partial charge in [0.15, 0.2) is 5.75 Å². The molecule has 0 spiro atoms. The number of benzene rings is 1. The fourth-order valence-electron chi connectivity index (χ4n) is 3.49. The van der Waals surface area contributed by atoms with Crippen LogP contribution in [0, 0.1) is 5.92 Å². The Morgan fingerprint density at radius 2 is 1.88 bits per heavy atom. The van der Waals surface area contributed by atoms with Crippen LogP contribution in [0.25, 0.3) is 0 Å². The summed E-state index contributed by atoms with van der Waals surface area (Å²) in [6, 6.07) is 9.24. The van der Waals surface area contributed by atoms with Gasteiger partial charge in [0.25, 0.3) is 0 Å². The number of carboxylic acids is 1. The third-order valence-electron chi connectivity index (χ3n) is 5.21. The molecular weight excluding hydrogens is 593 g/mol. The predicted molar refractivity (Wildman–Crippen MR) is 158 cm³/mol. The summed E-state index contributed by atoms with van der Waals surface area (Å²) in [7, 11) is -1.88. The molecule has 2 aromatic rings. The zero-order valence-corrected chi connectivity index (χ0v) is 25.8. The lowest BCUT2D eigenvalue weighted by atomic mass is 9.96. The second-order valence-electron chi connectivity index (χ2n) is 10.2. The number of pyridine rings is 1. The first-order valence-electron chi connectivity index (χ1n) is 12.7. The number of hydrogen-bond acceptors (Lipinski definition) is 9. The van der Waals surface area contributed by atoms with Crippen LogP contribution >= 0.6 is 29.4 Å². The number of aromatic nitrogens is 1. The first kappa shape index (κ1) is 34.4. The number of phosphoric ester groups is 1. The lowest BCUT2D eigenvalue weighted by molar-refractivity contribution is -0.141. The van der Waals surface area contributed by atoms with E-state index in [4.69, 9.17) is 9.26 Å². The van der Waals surface area contributed by atoms with Crippen LogP contribution in [0.3, 0.4) is 0 Å². The van der Waals surface area contributed by atoms with Gasteiger partial charge in [0, 0.05) is 24.4 Å². The lowest BCUT2D eigenvalue weighted by Gasteiger charge is -2.25. The Bertz CT molecular complexity index is 1220. The minimum atomic E-state index is -4.93. The number of phosphoric acid groups is 1. The van der Waals surface area contributed by atoms with E-state index in [0.717, 1.165) is 5.03 Å². The Hall–Kier alpha value is -2.77. The van der Waals surface area contributed by atoms with E-state index in [0.29, 0.717) is 17.7 Å². The topological polar surface area (TPSA) is 184 Å². The standard InChI is InChI=1S/C26H36N3O9PS2/c1-17(24(31)32)14-19(28-25(33)37-26(2,3)4)15-18-10-11-21(38-39(34,35)36)20(16-18)29-22(30)8-7-13-40-41-23-9-5-6-12-27-23/h5-6,9-12,16-17,19H,7-8,13-15H2,1-4H3,(H,28,33)(H,29,30)(H,31,32)(H2,34,35,36)/t17?,19-/m1/s1. The number of anilines is 1. The van der Waals surface area contributed by atoms with Crippen LogP contribution in [0.1, 0.15) is 52.5 Å². The normalized spacial score (nSPS) is 13.1. The van der Waals surface area contributed by atoms with Gasteiger partial charge in [-0.1, -0.05) is 29.9 Å². The smallest absolute Gasteiger partial charge is 0.481 e. The summed E-state index contributed by atoms with van der Waals surface area (Å²) in [5, 5.41) is 15.6. The molecule has 15 heteroatoms. The van der Waals surface area contributed by atoms with Crippen molar-refractivity contribution in [2.24, 2.45) is 5.92 Å². The third kappa shape index (κ3) is 14.6. The van der Waals surface area contributed by atoms with E-state index < -0.39 is 37.4 Å². The molecule has 5 N–H and O–H groups in total. The minimum absolute atomic E-state index is 0.0358. The summed E-state index contributed by atoms with van der Waals surface area (Å²) in [5.74, 6) is -1.76. The monoisotopic (exact) mass is 629 g/mol. The van der Waals surface area contributed by atoms with Gasteiger partial charge < -0.3 is 25.0 Å². The molecule has 0 radical (unpaired) electrons. The molecule has 2 atom stereocenters. The molecule has 1 aromatic heterocycles. The quantitative estimate of drug-likeness (QED) is 0.0980. The molecule has 1 heterocycles. The Morgan fingerprint density at radius 3 is 2.49 bits per heavy atom. The average molecular weight is 630 g/mol. The number of rotatable bonds is 15. The molecule has 1 aromatic carbocycles. The van der Waals surface area contributed by atoms with Crippen molar-refractivity contribution in [1.82, 2.24) is 10.3 Å². The number of alkyl carbamates (subject to hydrolysis) is 1. The molecule has 0 bridgehead atoms. The van der Waals surface area contributed by atoms with Gasteiger partial charge in [-0.3, -0.25) is 19.4 Å². The Morgan fingerprint density at radius 1 is 1.15 bits per heavy atom. The maximum absolute atomic E-state index is 12.7. The number of carbonyl (C=O) groups is 3. The number of nitrogens with one attached hydrogen (secondary N) is 2. The highest BCUT2D eigenvalue weighted by Crippen LogP contribution is 2.41. The van der Waals surface area contributed by atoms with Crippen LogP contribution in [-0.4, -0.2) is 55.2 Å². The van der Waals surface area contributed by atoms with Crippen molar-refractivity contribution in [3.05, 3.63) is 48.2 Å². The van der Waals surface area contributed by atoms with Crippen molar-refractivity contribution in [2.75, 3.05) is 11.1 Å². The van der Waals surface area contributed by atoms with Crippen molar-refractivity contribution < 1.29 is 43.1 Å². The summed E-state index contributed by atoms with van der Waals surface area (Å²) < 4.78 is 21.6. The van der Waals surface area contributed by atoms with Gasteiger partial charge in [-0.2, -0.15) is 0 Å². The van der Waals surface area contributed by atoms with Gasteiger partial charge in [-0.15, -0.1) is 0 Å². The third-order valence-corrected chi connectivity index (χ3v) is 8.00. The summed E-state index contributed by atoms with van der Waals surface area (Å²) >= 11 is 0. The molecule has 0 aliphatic carbocycles. The van der Waals surface area contributed by atoms with Crippen LogP contribution in [0.2, 0.25) is 0 Å². The number of nitrogens with zero attached hydrogens (tertiary/aromatic N) is 1. The summed E-state index contributed by atoms with van der Waals surface area (Å²) in [6.07, 6.45) is 1.91. The average Bonchev–Trinajstić information content (AvgIpc) is 2.84. The van der Waals surface area contributed by atoms with E-state index in [1.807, 2.05) is 18.2 Å². The predicted octanol–water partition coefficient (Wildman–Crippen LogP) is 5.26. The molecule has 1 unspecified atom stereocenters. The number of carboxylic acid groups (broad SMARTS) is 1. The van der Waals surface area contributed by atoms with Crippen molar-refractivity contribution in [2.45, 2.75) is 70.0 Å². The van der Waals surface area contributed by atoms with Gasteiger partial charge in [0.05, 0.1) is 11.6 Å². The van der Waals surface area contributed by atoms with E-state index in [1.54, 1.807) is 37.8 Å². The molecule has 226 valence electrons. The highest BCUT2D eigenvalue weighted by molar-refractivity contribution is 8.76. The van der Waals surface area contributed by atoms with Crippen molar-refractivity contribution in [3.63, 3.8) is 0 Å². The van der Waals surface area contributed by atoms with Crippen LogP contribution in [0.15, 0.2) is 47.6 Å². The van der Waals surface area contributed by atoms with Gasteiger partial charge in [0.1, 0.15) is 10.6 Å². The zero-order valence-electron chi connectivity index (χ0n) is 23.2. The highest BCUT2D eigenvalue weighted by Gasteiger charge is 2.25. The molecular formula is C26H36N3O9PS2. The van der Waals surface area contributed by atoms with E-state index in [-0.39, 0.29) is 36.6 Å². The van der Waals surface area contributed by atoms with E-state index in [2.05, 4.69) is 15.6 Å². The number of amides is 2. The fraction of sp³-hybridized carbons (Fsp3) is 0.462. The SMILES string of the molecule is CC(C[C@H](Cc1ccc(OP(=O)(O)O)c(NC(=O)CCCSSc2ccccn2)c1)NC(=O)OC(C)(C)C)C(=O)O. The molecule has 0 fully saturated rings. The molecule has 0 aliphatic rings. The largest absolute Gasteiger partial charge is 0.524 e. The lowest BCUT2D eigenvalue weighted by Crippen LogP contribution is -2.41. The summed E-state index contributed by atoms with van der Waals surface area (Å²) in [6.45, 7) is 6.62. The Labute approximate surface area is 247 Å². The van der Waals surface area contributed by atoms with Crippen LogP contribution in [-0.2, 0) is 25.3 Å². The van der Waals surface area contributed by atoms with Gasteiger partial charge >= 0.3 is 19.9 Å². The van der Waals surface area contributed by atoms with Crippen molar-refractivity contribution in [3.8, 4) is 5.75 Å². The van der Waals surface area contributed by atoms with Crippen molar-refractivity contribution >= 4 is 53.1 Å². The zero-order chi connectivity index (χ0) is 30.6. The second kappa shape index (κ2) is 16.0. The Kier molecular flexibility index (Phi) is 13.5. The maximum Gasteiger partial charge on any atom is 0.524 e. The minimum Gasteiger partial charge on any atom is -0.481 e. The molecule has 12 nitrogen and oxygen atoms in total. The molecule has 0 saturated carbocycles. The van der Waals surface area contributed by atoms with Gasteiger partial charge in [-0.25, -0.2) is 14.3 Å². The highest BCUT2D eigenvalue weighted by atomic mass is 33.1. The molecule has 0 saturated heterocycles. The first-order valence-corrected chi connectivity index (χ1v) is 16.6. The van der Waals surface area contributed by atoms with E-state index >= 15 is 0 Å². The number of hydrogen-bond donors (Lipinski definition) is 5. The molecule has 2 amide bonds. The second-order valence-corrected chi connectivity index (χ2v) is 13.8. The van der Waals surface area contributed by atoms with E-state index in [1.165, 1.54) is 35.9 Å². The summed E-state index contributed by atoms with van der Waals surface area (Å²) in [4.78, 5) is 59.4. The van der Waals surface area contributed by atoms with Crippen LogP contribution in [0.5, 0.6) is 5.75 Å². The molecule has 0 aliphatic heterocycles. The molecule has 2 rings (SSSR count). The maximum atomic E-state index is 12.7. The Balaban J connectivity index is 2.12. The number of ether oxygens (including phenoxy) is 1. The van der Waals surface area contributed by atoms with Gasteiger partial charge in [-0.05, 0) is 80.7 Å². The van der Waals surface area contributed by atoms with Gasteiger partial charge in [0.2, 0.25) is 5.91 Å². The fourth-order valence-corrected chi connectivity index (χ4v) is 5.87. The number of carbonyl (C=O) groups excluding carboxylic acids is 2. The summed E-state index contributed by atoms with van der Waals surface area (Å²) in [5.41, 5.74) is -0.172. The van der Waals surface area contributed by atoms with Crippen LogP contribution in [0.4, 0.5) is 10.5 Å². The molecule has 41 heavy (non-hydrogen) atoms. The number of aliphatic carboxylic acids is 1. The van der Waals surface area contributed by atoms with Crippen LogP contribution < -0.4 is 15.2 Å². The van der Waals surface area contributed by atoms with E-state index in [9.17, 15) is 33.8 Å². The van der Waals surface area contributed by atoms with Crippen molar-refractivity contribution in [1.29, 1.82) is 0 Å². The first-order chi connectivity index (χ1) is 19.1.